The summed E-state index contributed by atoms with van der Waals surface area (Å²) in [6.07, 6.45) is -4.38. The maximum atomic E-state index is 12.5. The van der Waals surface area contributed by atoms with E-state index in [1.165, 1.54) is 7.11 Å². The van der Waals surface area contributed by atoms with Gasteiger partial charge in [0.2, 0.25) is 5.91 Å². The zero-order valence-electron chi connectivity index (χ0n) is 12.3. The van der Waals surface area contributed by atoms with Crippen molar-refractivity contribution < 1.29 is 22.7 Å². The second kappa shape index (κ2) is 8.36. The molecule has 0 aromatic heterocycles. The standard InChI is InChI=1S/C14H18ClF3N2O2/c1-10-3-4-12(11(15)7-10)19-13(21)8-20(5-6-22-2)9-14(16,17)18/h3-4,7H,5-6,8-9H2,1-2H3,(H,19,21). The van der Waals surface area contributed by atoms with Crippen LogP contribution in [-0.4, -0.2) is 50.3 Å². The minimum Gasteiger partial charge on any atom is -0.383 e. The van der Waals surface area contributed by atoms with Crippen molar-refractivity contribution in [2.24, 2.45) is 0 Å². The van der Waals surface area contributed by atoms with Crippen molar-refractivity contribution >= 4 is 23.2 Å². The molecule has 4 nitrogen and oxygen atoms in total. The van der Waals surface area contributed by atoms with Gasteiger partial charge in [-0.15, -0.1) is 0 Å². The van der Waals surface area contributed by atoms with Gasteiger partial charge in [0.05, 0.1) is 30.4 Å². The zero-order chi connectivity index (χ0) is 16.8. The monoisotopic (exact) mass is 338 g/mol. The Morgan fingerprint density at radius 2 is 2.09 bits per heavy atom. The molecule has 0 saturated carbocycles. The maximum absolute atomic E-state index is 12.5. The van der Waals surface area contributed by atoms with Gasteiger partial charge in [-0.2, -0.15) is 13.2 Å². The summed E-state index contributed by atoms with van der Waals surface area (Å²) in [7, 11) is 1.39. The van der Waals surface area contributed by atoms with E-state index >= 15 is 0 Å². The van der Waals surface area contributed by atoms with Crippen LogP contribution in [0, 0.1) is 6.92 Å². The Labute approximate surface area is 132 Å². The number of nitrogens with zero attached hydrogens (tertiary/aromatic N) is 1. The van der Waals surface area contributed by atoms with Crippen LogP contribution in [-0.2, 0) is 9.53 Å². The van der Waals surface area contributed by atoms with E-state index in [1.807, 2.05) is 6.92 Å². The molecule has 0 radical (unpaired) electrons. The number of methoxy groups -OCH3 is 1. The summed E-state index contributed by atoms with van der Waals surface area (Å²) in [5.74, 6) is -0.564. The molecular weight excluding hydrogens is 321 g/mol. The summed E-state index contributed by atoms with van der Waals surface area (Å²) in [6.45, 7) is 0.380. The summed E-state index contributed by atoms with van der Waals surface area (Å²) in [5.41, 5.74) is 1.29. The van der Waals surface area contributed by atoms with E-state index < -0.39 is 25.2 Å². The fourth-order valence-electron chi connectivity index (χ4n) is 1.80. The van der Waals surface area contributed by atoms with Gasteiger partial charge in [-0.25, -0.2) is 0 Å². The van der Waals surface area contributed by atoms with Gasteiger partial charge in [-0.3, -0.25) is 9.69 Å². The van der Waals surface area contributed by atoms with Crippen LogP contribution in [0.4, 0.5) is 18.9 Å². The molecule has 0 aliphatic rings. The van der Waals surface area contributed by atoms with E-state index in [4.69, 9.17) is 16.3 Å². The van der Waals surface area contributed by atoms with Gasteiger partial charge in [0.25, 0.3) is 0 Å². The van der Waals surface area contributed by atoms with E-state index in [0.717, 1.165) is 10.5 Å². The number of amides is 1. The summed E-state index contributed by atoms with van der Waals surface area (Å²) in [6, 6.07) is 5.02. The van der Waals surface area contributed by atoms with Crippen molar-refractivity contribution in [2.45, 2.75) is 13.1 Å². The van der Waals surface area contributed by atoms with Gasteiger partial charge in [0.15, 0.2) is 0 Å². The average molecular weight is 339 g/mol. The molecular formula is C14H18ClF3N2O2. The average Bonchev–Trinajstić information content (AvgIpc) is 2.37. The van der Waals surface area contributed by atoms with Gasteiger partial charge in [-0.1, -0.05) is 17.7 Å². The van der Waals surface area contributed by atoms with Crippen molar-refractivity contribution in [1.29, 1.82) is 0 Å². The zero-order valence-corrected chi connectivity index (χ0v) is 13.1. The number of aryl methyl sites for hydroxylation is 1. The first-order chi connectivity index (χ1) is 10.2. The van der Waals surface area contributed by atoms with Crippen LogP contribution in [0.1, 0.15) is 5.56 Å². The molecule has 0 heterocycles. The molecule has 0 bridgehead atoms. The van der Waals surface area contributed by atoms with Crippen LogP contribution in [0.2, 0.25) is 5.02 Å². The van der Waals surface area contributed by atoms with Crippen molar-refractivity contribution in [1.82, 2.24) is 4.90 Å². The second-order valence-corrected chi connectivity index (χ2v) is 5.26. The van der Waals surface area contributed by atoms with E-state index in [2.05, 4.69) is 5.32 Å². The Hall–Kier alpha value is -1.31. The first kappa shape index (κ1) is 18.7. The summed E-state index contributed by atoms with van der Waals surface area (Å²) in [4.78, 5) is 12.9. The largest absolute Gasteiger partial charge is 0.401 e. The lowest BCUT2D eigenvalue weighted by molar-refractivity contribution is -0.149. The van der Waals surface area contributed by atoms with Gasteiger partial charge >= 0.3 is 6.18 Å². The topological polar surface area (TPSA) is 41.6 Å². The number of benzene rings is 1. The molecule has 22 heavy (non-hydrogen) atoms. The third kappa shape index (κ3) is 7.11. The highest BCUT2D eigenvalue weighted by molar-refractivity contribution is 6.33. The highest BCUT2D eigenvalue weighted by Gasteiger charge is 2.31. The number of anilines is 1. The molecule has 1 aromatic carbocycles. The van der Waals surface area contributed by atoms with Crippen LogP contribution in [0.15, 0.2) is 18.2 Å². The SMILES string of the molecule is COCCN(CC(=O)Nc1ccc(C)cc1Cl)CC(F)(F)F. The number of hydrogen-bond acceptors (Lipinski definition) is 3. The van der Waals surface area contributed by atoms with Gasteiger partial charge in [0.1, 0.15) is 0 Å². The lowest BCUT2D eigenvalue weighted by Gasteiger charge is -2.22. The maximum Gasteiger partial charge on any atom is 0.401 e. The number of carbonyl (C=O) groups excluding carboxylic acids is 1. The normalized spacial score (nSPS) is 11.8. The number of halogens is 4. The first-order valence-corrected chi connectivity index (χ1v) is 6.93. The highest BCUT2D eigenvalue weighted by atomic mass is 35.5. The van der Waals surface area contributed by atoms with Crippen LogP contribution in [0.5, 0.6) is 0 Å². The van der Waals surface area contributed by atoms with E-state index in [1.54, 1.807) is 18.2 Å². The molecule has 1 amide bonds. The molecule has 0 fully saturated rings. The van der Waals surface area contributed by atoms with Crippen LogP contribution in [0.3, 0.4) is 0 Å². The fourth-order valence-corrected chi connectivity index (χ4v) is 2.08. The molecule has 1 rings (SSSR count). The van der Waals surface area contributed by atoms with Crippen LogP contribution in [0.25, 0.3) is 0 Å². The number of alkyl halides is 3. The van der Waals surface area contributed by atoms with E-state index in [9.17, 15) is 18.0 Å². The minimum atomic E-state index is -4.38. The van der Waals surface area contributed by atoms with Crippen molar-refractivity contribution in [3.05, 3.63) is 28.8 Å². The Morgan fingerprint density at radius 1 is 1.41 bits per heavy atom. The smallest absolute Gasteiger partial charge is 0.383 e. The molecule has 1 N–H and O–H groups in total. The number of hydrogen-bond donors (Lipinski definition) is 1. The predicted octanol–water partition coefficient (Wildman–Crippen LogP) is 3.10. The van der Waals surface area contributed by atoms with Gasteiger partial charge in [0, 0.05) is 13.7 Å². The minimum absolute atomic E-state index is 0.00502. The Kier molecular flexibility index (Phi) is 7.12. The number of nitrogens with one attached hydrogen (secondary N) is 1. The van der Waals surface area contributed by atoms with Crippen molar-refractivity contribution in [3.8, 4) is 0 Å². The predicted molar refractivity (Wildman–Crippen MR) is 79.2 cm³/mol. The second-order valence-electron chi connectivity index (χ2n) is 4.85. The molecule has 0 saturated heterocycles. The van der Waals surface area contributed by atoms with E-state index in [0.29, 0.717) is 10.7 Å². The summed E-state index contributed by atoms with van der Waals surface area (Å²) < 4.78 is 42.2. The van der Waals surface area contributed by atoms with E-state index in [-0.39, 0.29) is 13.2 Å². The van der Waals surface area contributed by atoms with Crippen molar-refractivity contribution in [2.75, 3.05) is 38.7 Å². The number of carbonyl (C=O) groups is 1. The summed E-state index contributed by atoms with van der Waals surface area (Å²) in [5, 5.41) is 2.85. The molecule has 0 spiro atoms. The third-order valence-electron chi connectivity index (χ3n) is 2.78. The first-order valence-electron chi connectivity index (χ1n) is 6.55. The molecule has 0 aliphatic heterocycles. The van der Waals surface area contributed by atoms with Gasteiger partial charge in [-0.05, 0) is 24.6 Å². The van der Waals surface area contributed by atoms with Crippen molar-refractivity contribution in [3.63, 3.8) is 0 Å². The molecule has 8 heteroatoms. The number of rotatable bonds is 7. The highest BCUT2D eigenvalue weighted by Crippen LogP contribution is 2.23. The van der Waals surface area contributed by atoms with Gasteiger partial charge < -0.3 is 10.1 Å². The number of ether oxygens (including phenoxy) is 1. The molecule has 0 aliphatic carbocycles. The Bertz CT molecular complexity index is 509. The Morgan fingerprint density at radius 3 is 2.64 bits per heavy atom. The molecule has 124 valence electrons. The summed E-state index contributed by atoms with van der Waals surface area (Å²) >= 11 is 5.97. The molecule has 1 aromatic rings. The Balaban J connectivity index is 2.65. The third-order valence-corrected chi connectivity index (χ3v) is 3.09. The molecule has 0 unspecified atom stereocenters. The quantitative estimate of drug-likeness (QED) is 0.830. The molecule has 0 atom stereocenters. The lowest BCUT2D eigenvalue weighted by atomic mass is 10.2. The fraction of sp³-hybridized carbons (Fsp3) is 0.500. The lowest BCUT2D eigenvalue weighted by Crippen LogP contribution is -2.41. The van der Waals surface area contributed by atoms with Crippen LogP contribution < -0.4 is 5.32 Å². The van der Waals surface area contributed by atoms with Crippen LogP contribution >= 0.6 is 11.6 Å².